The molecule has 6 rings (SSSR count). The molecule has 8 nitrogen and oxygen atoms in total. The van der Waals surface area contributed by atoms with Crippen LogP contribution in [0.5, 0.6) is 5.75 Å². The first-order valence-electron chi connectivity index (χ1n) is 14.4. The molecule has 2 amide bonds. The monoisotopic (exact) mass is 572 g/mol. The minimum absolute atomic E-state index is 0.00410. The summed E-state index contributed by atoms with van der Waals surface area (Å²) < 4.78 is 7.91. The number of hydrogen-bond acceptors (Lipinski definition) is 6. The average molecular weight is 573 g/mol. The van der Waals surface area contributed by atoms with Crippen LogP contribution in [0.25, 0.3) is 0 Å². The van der Waals surface area contributed by atoms with Gasteiger partial charge in [-0.3, -0.25) is 14.4 Å². The predicted molar refractivity (Wildman–Crippen MR) is 158 cm³/mol. The molecule has 2 aromatic carbocycles. The van der Waals surface area contributed by atoms with Crippen molar-refractivity contribution < 1.29 is 14.3 Å². The van der Waals surface area contributed by atoms with Crippen LogP contribution in [0.4, 0.5) is 0 Å². The van der Waals surface area contributed by atoms with Gasteiger partial charge in [-0.05, 0) is 41.5 Å². The van der Waals surface area contributed by atoms with Crippen molar-refractivity contribution in [3.8, 4) is 5.75 Å². The van der Waals surface area contributed by atoms with Gasteiger partial charge in [-0.1, -0.05) is 68.1 Å². The molecule has 9 heteroatoms. The summed E-state index contributed by atoms with van der Waals surface area (Å²) >= 11 is 1.57. The van der Waals surface area contributed by atoms with Gasteiger partial charge < -0.3 is 19.1 Å². The van der Waals surface area contributed by atoms with Crippen molar-refractivity contribution in [1.82, 2.24) is 19.4 Å². The van der Waals surface area contributed by atoms with Crippen molar-refractivity contribution >= 4 is 23.6 Å². The first-order valence-corrected chi connectivity index (χ1v) is 15.4. The lowest BCUT2D eigenvalue weighted by atomic mass is 9.87. The Morgan fingerprint density at radius 3 is 2.59 bits per heavy atom. The molecule has 3 aliphatic rings. The van der Waals surface area contributed by atoms with E-state index in [0.29, 0.717) is 31.8 Å². The summed E-state index contributed by atoms with van der Waals surface area (Å²) in [4.78, 5) is 47.8. The largest absolute Gasteiger partial charge is 0.489 e. The molecule has 214 valence electrons. The van der Waals surface area contributed by atoms with E-state index in [1.807, 2.05) is 69.0 Å². The van der Waals surface area contributed by atoms with E-state index in [1.165, 1.54) is 0 Å². The number of carbonyl (C=O) groups excluding carboxylic acids is 2. The molecule has 0 saturated carbocycles. The molecule has 2 saturated heterocycles. The summed E-state index contributed by atoms with van der Waals surface area (Å²) in [6, 6.07) is 17.9. The molecular formula is C32H36N4O4S. The highest BCUT2D eigenvalue weighted by molar-refractivity contribution is 7.99. The summed E-state index contributed by atoms with van der Waals surface area (Å²) in [5.41, 5.74) is 2.22. The van der Waals surface area contributed by atoms with Crippen LogP contribution in [-0.4, -0.2) is 62.6 Å². The molecule has 3 aliphatic heterocycles. The van der Waals surface area contributed by atoms with E-state index in [2.05, 4.69) is 18.8 Å². The van der Waals surface area contributed by atoms with E-state index < -0.39 is 0 Å². The fraction of sp³-hybridized carbons (Fsp3) is 0.438. The lowest BCUT2D eigenvalue weighted by molar-refractivity contribution is -0.137. The van der Waals surface area contributed by atoms with E-state index in [4.69, 9.17) is 4.74 Å². The first-order chi connectivity index (χ1) is 19.9. The number of ether oxygens (including phenoxy) is 1. The molecule has 41 heavy (non-hydrogen) atoms. The molecule has 2 bridgehead atoms. The lowest BCUT2D eigenvalue weighted by Gasteiger charge is -2.34. The third-order valence-corrected chi connectivity index (χ3v) is 9.37. The Bertz CT molecular complexity index is 1470. The number of fused-ring (bicyclic) bond motifs is 3. The van der Waals surface area contributed by atoms with Crippen LogP contribution in [0.2, 0.25) is 0 Å². The molecule has 4 heterocycles. The number of piperidine rings is 1. The van der Waals surface area contributed by atoms with Gasteiger partial charge in [-0.2, -0.15) is 4.98 Å². The Morgan fingerprint density at radius 2 is 1.83 bits per heavy atom. The van der Waals surface area contributed by atoms with Gasteiger partial charge in [0.1, 0.15) is 12.4 Å². The molecule has 0 aliphatic carbocycles. The van der Waals surface area contributed by atoms with Crippen LogP contribution < -0.4 is 10.3 Å². The van der Waals surface area contributed by atoms with Crippen molar-refractivity contribution in [1.29, 1.82) is 0 Å². The summed E-state index contributed by atoms with van der Waals surface area (Å²) in [5, 5.41) is 0.727. The highest BCUT2D eigenvalue weighted by atomic mass is 32.2. The normalized spacial score (nSPS) is 20.3. The topological polar surface area (TPSA) is 84.7 Å². The van der Waals surface area contributed by atoms with Gasteiger partial charge in [-0.25, -0.2) is 0 Å². The van der Waals surface area contributed by atoms with Gasteiger partial charge in [-0.15, -0.1) is 0 Å². The molecular weight excluding hydrogens is 536 g/mol. The van der Waals surface area contributed by atoms with Crippen molar-refractivity contribution in [2.75, 3.05) is 25.4 Å². The van der Waals surface area contributed by atoms with Crippen LogP contribution >= 0.6 is 11.8 Å². The Balaban J connectivity index is 1.10. The van der Waals surface area contributed by atoms with Gasteiger partial charge in [0.2, 0.25) is 11.8 Å². The minimum Gasteiger partial charge on any atom is -0.489 e. The summed E-state index contributed by atoms with van der Waals surface area (Å²) in [6.07, 6.45) is 2.76. The minimum atomic E-state index is -0.313. The maximum absolute atomic E-state index is 14.0. The quantitative estimate of drug-likeness (QED) is 0.380. The van der Waals surface area contributed by atoms with E-state index in [9.17, 15) is 14.4 Å². The number of thioether (sulfide) groups is 1. The second-order valence-corrected chi connectivity index (χ2v) is 12.7. The van der Waals surface area contributed by atoms with E-state index >= 15 is 0 Å². The Hall–Kier alpha value is -3.59. The average Bonchev–Trinajstić information content (AvgIpc) is 3.55. The van der Waals surface area contributed by atoms with Crippen LogP contribution in [0.1, 0.15) is 42.9 Å². The maximum atomic E-state index is 14.0. The molecule has 0 N–H and O–H groups in total. The summed E-state index contributed by atoms with van der Waals surface area (Å²) in [5.74, 6) is 1.83. The number of amides is 2. The molecule has 3 aromatic rings. The highest BCUT2D eigenvalue weighted by Crippen LogP contribution is 2.36. The zero-order valence-electron chi connectivity index (χ0n) is 23.6. The number of benzene rings is 2. The highest BCUT2D eigenvalue weighted by Gasteiger charge is 2.44. The number of aryl methyl sites for hydroxylation is 1. The summed E-state index contributed by atoms with van der Waals surface area (Å²) in [7, 11) is 0. The van der Waals surface area contributed by atoms with Gasteiger partial charge in [0.25, 0.3) is 5.56 Å². The van der Waals surface area contributed by atoms with Crippen LogP contribution in [0, 0.1) is 11.8 Å². The van der Waals surface area contributed by atoms with Crippen molar-refractivity contribution in [3.05, 3.63) is 87.8 Å². The third-order valence-electron chi connectivity index (χ3n) is 8.40. The van der Waals surface area contributed by atoms with Gasteiger partial charge in [0.05, 0.1) is 12.3 Å². The fourth-order valence-electron chi connectivity index (χ4n) is 6.36. The van der Waals surface area contributed by atoms with Crippen LogP contribution in [0.3, 0.4) is 0 Å². The zero-order chi connectivity index (χ0) is 28.5. The van der Waals surface area contributed by atoms with Crippen molar-refractivity contribution in [2.45, 2.75) is 57.0 Å². The number of carbonyl (C=O) groups is 2. The lowest BCUT2D eigenvalue weighted by Crippen LogP contribution is -2.48. The fourth-order valence-corrected chi connectivity index (χ4v) is 7.29. The van der Waals surface area contributed by atoms with E-state index in [1.54, 1.807) is 18.0 Å². The van der Waals surface area contributed by atoms with E-state index in [-0.39, 0.29) is 47.6 Å². The van der Waals surface area contributed by atoms with Gasteiger partial charge in [0.15, 0.2) is 5.16 Å². The van der Waals surface area contributed by atoms with Crippen LogP contribution in [-0.2, 0) is 29.2 Å². The molecule has 3 atom stereocenters. The second-order valence-electron chi connectivity index (χ2n) is 11.7. The van der Waals surface area contributed by atoms with Crippen molar-refractivity contribution in [3.63, 3.8) is 0 Å². The Kier molecular flexibility index (Phi) is 7.88. The van der Waals surface area contributed by atoms with Gasteiger partial charge >= 0.3 is 0 Å². The standard InChI is InChI=1S/C32H36N4O4S/c1-21(2)29(24-8-10-27(11-9-24)40-20-22-6-4-3-5-7-22)31(39)36-17-23-14-26(36)19-35(16-23)28(37)15-25-18-34-12-13-41-32(34)33-30(25)38/h3-11,18,21,23,26,29H,12-17,19-20H2,1-2H3. The second kappa shape index (κ2) is 11.7. The number of rotatable bonds is 8. The smallest absolute Gasteiger partial charge is 0.277 e. The summed E-state index contributed by atoms with van der Waals surface area (Å²) in [6.45, 7) is 7.26. The van der Waals surface area contributed by atoms with Crippen LogP contribution in [0.15, 0.2) is 70.7 Å². The first kappa shape index (κ1) is 27.6. The van der Waals surface area contributed by atoms with E-state index in [0.717, 1.165) is 40.8 Å². The molecule has 0 radical (unpaired) electrons. The maximum Gasteiger partial charge on any atom is 0.277 e. The Labute approximate surface area is 244 Å². The Morgan fingerprint density at radius 1 is 1.05 bits per heavy atom. The number of aromatic nitrogens is 2. The number of nitrogens with zero attached hydrogens (tertiary/aromatic N) is 4. The molecule has 2 fully saturated rings. The molecule has 0 spiro atoms. The predicted octanol–water partition coefficient (Wildman–Crippen LogP) is 3.97. The number of likely N-dealkylation sites (tertiary alicyclic amines) is 2. The SMILES string of the molecule is CC(C)C(C(=O)N1CC2CC1CN(C(=O)Cc1cn3c(nc1=O)SCC3)C2)c1ccc(OCc2ccccc2)cc1. The number of hydrogen-bond donors (Lipinski definition) is 0. The third kappa shape index (κ3) is 5.91. The molecule has 1 aromatic heterocycles. The molecule has 3 unspecified atom stereocenters. The zero-order valence-corrected chi connectivity index (χ0v) is 24.4. The van der Waals surface area contributed by atoms with Gasteiger partial charge in [0, 0.05) is 49.7 Å². The van der Waals surface area contributed by atoms with Crippen molar-refractivity contribution in [2.24, 2.45) is 11.8 Å².